The quantitative estimate of drug-likeness (QED) is 0.882. The van der Waals surface area contributed by atoms with Crippen molar-refractivity contribution in [2.45, 2.75) is 20.0 Å². The maximum atomic E-state index is 11.4. The van der Waals surface area contributed by atoms with E-state index in [1.165, 1.54) is 6.07 Å². The van der Waals surface area contributed by atoms with Crippen LogP contribution in [0.1, 0.15) is 13.8 Å². The summed E-state index contributed by atoms with van der Waals surface area (Å²) in [5.41, 5.74) is 0.938. The highest BCUT2D eigenvalue weighted by Gasteiger charge is 2.34. The number of aliphatic carboxylic acids is 1. The van der Waals surface area contributed by atoms with Crippen molar-refractivity contribution in [1.29, 1.82) is 0 Å². The number of ether oxygens (including phenoxy) is 1. The molecule has 22 heavy (non-hydrogen) atoms. The average Bonchev–Trinajstić information content (AvgIpc) is 2.47. The predicted octanol–water partition coefficient (Wildman–Crippen LogP) is 2.52. The van der Waals surface area contributed by atoms with E-state index < -0.39 is 18.2 Å². The van der Waals surface area contributed by atoms with E-state index in [1.807, 2.05) is 18.7 Å². The minimum absolute atomic E-state index is 0.201. The van der Waals surface area contributed by atoms with Gasteiger partial charge in [-0.05, 0) is 19.9 Å². The van der Waals surface area contributed by atoms with Gasteiger partial charge in [-0.2, -0.15) is 0 Å². The maximum absolute atomic E-state index is 11.4. The smallest absolute Gasteiger partial charge is 0.412 e. The molecule has 0 fully saturated rings. The van der Waals surface area contributed by atoms with Crippen LogP contribution in [0.3, 0.4) is 0 Å². The molecule has 8 heteroatoms. The van der Waals surface area contributed by atoms with Crippen LogP contribution in [0.2, 0.25) is 5.02 Å². The zero-order valence-corrected chi connectivity index (χ0v) is 13.0. The lowest BCUT2D eigenvalue weighted by molar-refractivity contribution is -0.144. The van der Waals surface area contributed by atoms with E-state index in [2.05, 4.69) is 0 Å². The molecule has 1 unspecified atom stereocenters. The molecule has 120 valence electrons. The van der Waals surface area contributed by atoms with Crippen LogP contribution >= 0.6 is 11.6 Å². The highest BCUT2D eigenvalue weighted by atomic mass is 35.5. The summed E-state index contributed by atoms with van der Waals surface area (Å²) in [5.74, 6) is -1.01. The molecule has 0 radical (unpaired) electrons. The molecular weight excluding hydrogens is 312 g/mol. The molecule has 1 aliphatic rings. The third-order valence-corrected chi connectivity index (χ3v) is 3.85. The largest absolute Gasteiger partial charge is 0.478 e. The molecule has 0 aliphatic carbocycles. The standard InChI is InChI=1S/C14H17ClN2O5/c1-3-16(4-2)9-6-11-10(5-8(9)15)17(14(20)21)7-12(22-11)13(18)19/h5-6,12H,3-4,7H2,1-2H3,(H,18,19)(H,20,21). The number of anilines is 2. The van der Waals surface area contributed by atoms with Crippen molar-refractivity contribution in [2.24, 2.45) is 0 Å². The molecule has 0 aromatic heterocycles. The van der Waals surface area contributed by atoms with Crippen molar-refractivity contribution in [3.05, 3.63) is 17.2 Å². The fourth-order valence-electron chi connectivity index (χ4n) is 2.41. The number of carbonyl (C=O) groups is 2. The molecule has 2 N–H and O–H groups in total. The maximum Gasteiger partial charge on any atom is 0.412 e. The lowest BCUT2D eigenvalue weighted by Gasteiger charge is -2.33. The van der Waals surface area contributed by atoms with Gasteiger partial charge in [0.25, 0.3) is 0 Å². The molecule has 1 amide bonds. The fourth-order valence-corrected chi connectivity index (χ4v) is 2.69. The van der Waals surface area contributed by atoms with E-state index in [9.17, 15) is 14.7 Å². The summed E-state index contributed by atoms with van der Waals surface area (Å²) in [7, 11) is 0. The van der Waals surface area contributed by atoms with Crippen molar-refractivity contribution in [2.75, 3.05) is 29.4 Å². The molecule has 1 aromatic rings. The number of amides is 1. The minimum Gasteiger partial charge on any atom is -0.478 e. The van der Waals surface area contributed by atoms with Gasteiger partial charge in [0.15, 0.2) is 0 Å². The molecule has 1 heterocycles. The van der Waals surface area contributed by atoms with E-state index in [4.69, 9.17) is 21.4 Å². The number of nitrogens with zero attached hydrogens (tertiary/aromatic N) is 2. The molecule has 0 bridgehead atoms. The van der Waals surface area contributed by atoms with Crippen molar-refractivity contribution in [3.63, 3.8) is 0 Å². The number of halogens is 1. The highest BCUT2D eigenvalue weighted by molar-refractivity contribution is 6.33. The number of carboxylic acids is 1. The fraction of sp³-hybridized carbons (Fsp3) is 0.429. The normalized spacial score (nSPS) is 16.7. The second-order valence-electron chi connectivity index (χ2n) is 4.78. The third-order valence-electron chi connectivity index (χ3n) is 3.55. The van der Waals surface area contributed by atoms with Crippen molar-refractivity contribution in [3.8, 4) is 5.75 Å². The zero-order valence-electron chi connectivity index (χ0n) is 12.2. The second-order valence-corrected chi connectivity index (χ2v) is 5.19. The topological polar surface area (TPSA) is 90.3 Å². The van der Waals surface area contributed by atoms with Gasteiger partial charge in [-0.15, -0.1) is 0 Å². The Bertz CT molecular complexity index is 603. The first kappa shape index (κ1) is 16.2. The monoisotopic (exact) mass is 328 g/mol. The Hall–Kier alpha value is -2.15. The number of hydrogen-bond acceptors (Lipinski definition) is 4. The average molecular weight is 329 g/mol. The van der Waals surface area contributed by atoms with E-state index in [0.717, 1.165) is 4.90 Å². The van der Waals surface area contributed by atoms with Crippen LogP contribution in [-0.2, 0) is 4.79 Å². The Morgan fingerprint density at radius 3 is 2.50 bits per heavy atom. The molecule has 0 spiro atoms. The first-order chi connectivity index (χ1) is 10.4. The Kier molecular flexibility index (Phi) is 4.65. The number of fused-ring (bicyclic) bond motifs is 1. The van der Waals surface area contributed by atoms with Crippen LogP contribution in [0.5, 0.6) is 5.75 Å². The van der Waals surface area contributed by atoms with E-state index >= 15 is 0 Å². The van der Waals surface area contributed by atoms with Gasteiger partial charge < -0.3 is 19.8 Å². The summed E-state index contributed by atoms with van der Waals surface area (Å²) in [5, 5.41) is 18.8. The van der Waals surface area contributed by atoms with E-state index in [-0.39, 0.29) is 18.0 Å². The van der Waals surface area contributed by atoms with Gasteiger partial charge in [-0.3, -0.25) is 4.90 Å². The molecular formula is C14H17ClN2O5. The van der Waals surface area contributed by atoms with Crippen molar-refractivity contribution in [1.82, 2.24) is 0 Å². The van der Waals surface area contributed by atoms with Gasteiger partial charge >= 0.3 is 12.1 Å². The molecule has 0 saturated heterocycles. The SMILES string of the molecule is CCN(CC)c1cc2c(cc1Cl)N(C(=O)O)CC(C(=O)O)O2. The molecule has 2 rings (SSSR count). The summed E-state index contributed by atoms with van der Waals surface area (Å²) in [4.78, 5) is 25.4. The zero-order chi connectivity index (χ0) is 16.4. The van der Waals surface area contributed by atoms with Crippen molar-refractivity contribution >= 4 is 35.0 Å². The third kappa shape index (κ3) is 2.89. The minimum atomic E-state index is -1.25. The number of hydrogen-bond donors (Lipinski definition) is 2. The number of carboxylic acid groups (broad SMARTS) is 2. The Balaban J connectivity index is 2.52. The van der Waals surface area contributed by atoms with Gasteiger partial charge in [-0.25, -0.2) is 9.59 Å². The highest BCUT2D eigenvalue weighted by Crippen LogP contribution is 2.41. The molecule has 1 aliphatic heterocycles. The van der Waals surface area contributed by atoms with Crippen LogP contribution < -0.4 is 14.5 Å². The number of benzene rings is 1. The molecule has 1 atom stereocenters. The Labute approximate surface area is 132 Å². The van der Waals surface area contributed by atoms with Crippen LogP contribution in [0, 0.1) is 0 Å². The van der Waals surface area contributed by atoms with Gasteiger partial charge in [0.05, 0.1) is 22.9 Å². The van der Waals surface area contributed by atoms with Crippen LogP contribution in [0.15, 0.2) is 12.1 Å². The number of rotatable bonds is 4. The van der Waals surface area contributed by atoms with E-state index in [1.54, 1.807) is 6.07 Å². The lowest BCUT2D eigenvalue weighted by Crippen LogP contribution is -2.46. The van der Waals surface area contributed by atoms with Gasteiger partial charge in [0.2, 0.25) is 6.10 Å². The summed E-state index contributed by atoms with van der Waals surface area (Å²) in [6.45, 7) is 5.06. The predicted molar refractivity (Wildman–Crippen MR) is 82.4 cm³/mol. The summed E-state index contributed by atoms with van der Waals surface area (Å²) < 4.78 is 5.42. The molecule has 0 saturated carbocycles. The van der Waals surface area contributed by atoms with E-state index in [0.29, 0.717) is 23.8 Å². The Morgan fingerprint density at radius 1 is 1.36 bits per heavy atom. The summed E-state index contributed by atoms with van der Waals surface area (Å²) >= 11 is 6.25. The first-order valence-electron chi connectivity index (χ1n) is 6.87. The van der Waals surface area contributed by atoms with Crippen LogP contribution in [0.25, 0.3) is 0 Å². The Morgan fingerprint density at radius 2 is 2.00 bits per heavy atom. The first-order valence-corrected chi connectivity index (χ1v) is 7.25. The second kappa shape index (κ2) is 6.31. The summed E-state index contributed by atoms with van der Waals surface area (Å²) in [6.07, 6.45) is -2.49. The molecule has 1 aromatic carbocycles. The van der Waals surface area contributed by atoms with Gasteiger partial charge in [0, 0.05) is 19.2 Å². The van der Waals surface area contributed by atoms with Crippen LogP contribution in [-0.4, -0.2) is 48.0 Å². The van der Waals surface area contributed by atoms with Crippen LogP contribution in [0.4, 0.5) is 16.2 Å². The van der Waals surface area contributed by atoms with Gasteiger partial charge in [0.1, 0.15) is 5.75 Å². The lowest BCUT2D eigenvalue weighted by atomic mass is 10.1. The summed E-state index contributed by atoms with van der Waals surface area (Å²) in [6, 6.07) is 3.09. The van der Waals surface area contributed by atoms with Gasteiger partial charge in [-0.1, -0.05) is 11.6 Å². The molecule has 7 nitrogen and oxygen atoms in total. The van der Waals surface area contributed by atoms with Crippen molar-refractivity contribution < 1.29 is 24.5 Å².